The maximum Gasteiger partial charge on any atom is 0.203 e. The summed E-state index contributed by atoms with van der Waals surface area (Å²) < 4.78 is 15.9. The monoisotopic (exact) mass is 250 g/mol. The first kappa shape index (κ1) is 12.7. The van der Waals surface area contributed by atoms with Crippen molar-refractivity contribution in [3.8, 4) is 17.2 Å². The van der Waals surface area contributed by atoms with Gasteiger partial charge in [-0.15, -0.1) is 0 Å². The van der Waals surface area contributed by atoms with Gasteiger partial charge in [0.15, 0.2) is 11.5 Å². The minimum Gasteiger partial charge on any atom is -0.493 e. The Morgan fingerprint density at radius 3 is 2.06 bits per heavy atom. The molecule has 0 bridgehead atoms. The Bertz CT molecular complexity index is 428. The van der Waals surface area contributed by atoms with Gasteiger partial charge in [0, 0.05) is 12.3 Å². The zero-order valence-corrected chi connectivity index (χ0v) is 11.0. The summed E-state index contributed by atoms with van der Waals surface area (Å²) in [4.78, 5) is 11.8. The molecule has 0 aliphatic heterocycles. The number of ether oxygens (including phenoxy) is 3. The lowest BCUT2D eigenvalue weighted by atomic mass is 9.96. The first-order valence-electron chi connectivity index (χ1n) is 6.04. The fourth-order valence-electron chi connectivity index (χ4n) is 2.47. The average Bonchev–Trinajstić information content (AvgIpc) is 2.83. The Kier molecular flexibility index (Phi) is 3.75. The van der Waals surface area contributed by atoms with E-state index in [1.165, 1.54) is 0 Å². The minimum atomic E-state index is -0.0290. The molecule has 1 saturated carbocycles. The van der Waals surface area contributed by atoms with Crippen molar-refractivity contribution in [1.29, 1.82) is 0 Å². The van der Waals surface area contributed by atoms with Crippen LogP contribution in [0.4, 0.5) is 0 Å². The molecule has 1 aromatic rings. The van der Waals surface area contributed by atoms with Crippen LogP contribution in [0.15, 0.2) is 12.1 Å². The average molecular weight is 250 g/mol. The van der Waals surface area contributed by atoms with E-state index in [2.05, 4.69) is 0 Å². The van der Waals surface area contributed by atoms with Crippen molar-refractivity contribution in [1.82, 2.24) is 0 Å². The molecule has 0 heterocycles. The van der Waals surface area contributed by atoms with Gasteiger partial charge in [0.2, 0.25) is 5.75 Å². The van der Waals surface area contributed by atoms with E-state index < -0.39 is 0 Å². The van der Waals surface area contributed by atoms with Crippen molar-refractivity contribution in [3.63, 3.8) is 0 Å². The molecule has 18 heavy (non-hydrogen) atoms. The molecule has 0 saturated heterocycles. The number of Topliss-reactive ketones (excluding diaryl/α,β-unsaturated/α-hetero) is 1. The van der Waals surface area contributed by atoms with Crippen LogP contribution in [0.5, 0.6) is 17.2 Å². The van der Waals surface area contributed by atoms with Crippen LogP contribution in [0.25, 0.3) is 0 Å². The van der Waals surface area contributed by atoms with E-state index in [1.54, 1.807) is 21.3 Å². The van der Waals surface area contributed by atoms with Crippen LogP contribution in [0, 0.1) is 0 Å². The van der Waals surface area contributed by atoms with Crippen LogP contribution >= 0.6 is 0 Å². The van der Waals surface area contributed by atoms with E-state index in [4.69, 9.17) is 14.2 Å². The van der Waals surface area contributed by atoms with Crippen LogP contribution in [-0.4, -0.2) is 27.1 Å². The van der Waals surface area contributed by atoms with Gasteiger partial charge in [0.05, 0.1) is 21.3 Å². The van der Waals surface area contributed by atoms with Crippen LogP contribution in [0.3, 0.4) is 0 Å². The maximum absolute atomic E-state index is 11.8. The highest BCUT2D eigenvalue weighted by Crippen LogP contribution is 2.42. The van der Waals surface area contributed by atoms with E-state index in [1.807, 2.05) is 12.1 Å². The number of benzene rings is 1. The van der Waals surface area contributed by atoms with Gasteiger partial charge in [-0.25, -0.2) is 0 Å². The molecule has 0 radical (unpaired) electrons. The molecular formula is C14H18O4. The van der Waals surface area contributed by atoms with E-state index in [0.29, 0.717) is 29.5 Å². The Hall–Kier alpha value is -1.71. The standard InChI is InChI=1S/C14H18O4/c1-16-12-7-9(10-5-4-6-11(10)15)8-13(17-2)14(12)18-3/h7-8,10H,4-6H2,1-3H3. The molecule has 2 rings (SSSR count). The number of rotatable bonds is 4. The number of methoxy groups -OCH3 is 3. The first-order chi connectivity index (χ1) is 8.71. The number of hydrogen-bond donors (Lipinski definition) is 0. The zero-order chi connectivity index (χ0) is 13.1. The molecule has 4 nitrogen and oxygen atoms in total. The van der Waals surface area contributed by atoms with E-state index in [9.17, 15) is 4.79 Å². The third-order valence-corrected chi connectivity index (χ3v) is 3.39. The highest BCUT2D eigenvalue weighted by atomic mass is 16.5. The lowest BCUT2D eigenvalue weighted by Gasteiger charge is -2.16. The van der Waals surface area contributed by atoms with E-state index in [0.717, 1.165) is 18.4 Å². The summed E-state index contributed by atoms with van der Waals surface area (Å²) in [6, 6.07) is 3.74. The Morgan fingerprint density at radius 1 is 1.06 bits per heavy atom. The molecule has 1 unspecified atom stereocenters. The summed E-state index contributed by atoms with van der Waals surface area (Å²) in [5, 5.41) is 0. The SMILES string of the molecule is COc1cc(C2CCCC2=O)cc(OC)c1OC. The highest BCUT2D eigenvalue weighted by Gasteiger charge is 2.28. The largest absolute Gasteiger partial charge is 0.493 e. The van der Waals surface area contributed by atoms with Crippen molar-refractivity contribution < 1.29 is 19.0 Å². The molecule has 1 aromatic carbocycles. The van der Waals surface area contributed by atoms with Crippen LogP contribution in [0.1, 0.15) is 30.7 Å². The van der Waals surface area contributed by atoms with Gasteiger partial charge in [-0.05, 0) is 30.5 Å². The first-order valence-corrected chi connectivity index (χ1v) is 6.04. The molecule has 0 N–H and O–H groups in total. The van der Waals surface area contributed by atoms with Crippen molar-refractivity contribution in [2.24, 2.45) is 0 Å². The van der Waals surface area contributed by atoms with Crippen molar-refractivity contribution in [2.75, 3.05) is 21.3 Å². The smallest absolute Gasteiger partial charge is 0.203 e. The summed E-state index contributed by atoms with van der Waals surface area (Å²) in [7, 11) is 4.73. The van der Waals surface area contributed by atoms with Crippen molar-refractivity contribution in [3.05, 3.63) is 17.7 Å². The van der Waals surface area contributed by atoms with Crippen LogP contribution < -0.4 is 14.2 Å². The molecule has 1 fully saturated rings. The summed E-state index contributed by atoms with van der Waals surface area (Å²) >= 11 is 0. The van der Waals surface area contributed by atoms with Crippen molar-refractivity contribution in [2.45, 2.75) is 25.2 Å². The Balaban J connectivity index is 2.46. The lowest BCUT2D eigenvalue weighted by molar-refractivity contribution is -0.118. The van der Waals surface area contributed by atoms with Gasteiger partial charge in [-0.1, -0.05) is 0 Å². The van der Waals surface area contributed by atoms with Crippen LogP contribution in [-0.2, 0) is 4.79 Å². The second kappa shape index (κ2) is 5.29. The van der Waals surface area contributed by atoms with Crippen LogP contribution in [0.2, 0.25) is 0 Å². The van der Waals surface area contributed by atoms with E-state index in [-0.39, 0.29) is 5.92 Å². The molecule has 1 atom stereocenters. The highest BCUT2D eigenvalue weighted by molar-refractivity contribution is 5.88. The number of carbonyl (C=O) groups is 1. The molecule has 4 heteroatoms. The normalized spacial score (nSPS) is 18.8. The Labute approximate surface area is 107 Å². The molecule has 0 spiro atoms. The summed E-state index contributed by atoms with van der Waals surface area (Å²) in [5.74, 6) is 2.04. The predicted molar refractivity (Wildman–Crippen MR) is 67.7 cm³/mol. The van der Waals surface area contributed by atoms with Gasteiger partial charge in [0.25, 0.3) is 0 Å². The molecule has 0 amide bonds. The third-order valence-electron chi connectivity index (χ3n) is 3.39. The summed E-state index contributed by atoms with van der Waals surface area (Å²) in [6.45, 7) is 0. The molecule has 1 aliphatic rings. The number of ketones is 1. The molecule has 0 aromatic heterocycles. The summed E-state index contributed by atoms with van der Waals surface area (Å²) in [6.07, 6.45) is 2.53. The zero-order valence-electron chi connectivity index (χ0n) is 11.0. The van der Waals surface area contributed by atoms with Crippen molar-refractivity contribution >= 4 is 5.78 Å². The third kappa shape index (κ3) is 2.15. The predicted octanol–water partition coefficient (Wildman–Crippen LogP) is 2.55. The fraction of sp³-hybridized carbons (Fsp3) is 0.500. The summed E-state index contributed by atoms with van der Waals surface area (Å²) in [5.41, 5.74) is 0.951. The maximum atomic E-state index is 11.8. The molecule has 1 aliphatic carbocycles. The number of carbonyl (C=O) groups excluding carboxylic acids is 1. The quantitative estimate of drug-likeness (QED) is 0.823. The minimum absolute atomic E-state index is 0.0290. The van der Waals surface area contributed by atoms with Gasteiger partial charge in [-0.2, -0.15) is 0 Å². The second-order valence-electron chi connectivity index (χ2n) is 4.37. The van der Waals surface area contributed by atoms with Gasteiger partial charge in [-0.3, -0.25) is 4.79 Å². The fourth-order valence-corrected chi connectivity index (χ4v) is 2.47. The Morgan fingerprint density at radius 2 is 1.67 bits per heavy atom. The second-order valence-corrected chi connectivity index (χ2v) is 4.37. The molecular weight excluding hydrogens is 232 g/mol. The number of hydrogen-bond acceptors (Lipinski definition) is 4. The lowest BCUT2D eigenvalue weighted by Crippen LogP contribution is -2.05. The van der Waals surface area contributed by atoms with E-state index >= 15 is 0 Å². The van der Waals surface area contributed by atoms with Gasteiger partial charge in [0.1, 0.15) is 5.78 Å². The van der Waals surface area contributed by atoms with Gasteiger partial charge >= 0.3 is 0 Å². The topological polar surface area (TPSA) is 44.8 Å². The van der Waals surface area contributed by atoms with Gasteiger partial charge < -0.3 is 14.2 Å². The molecule has 98 valence electrons.